The van der Waals surface area contributed by atoms with Gasteiger partial charge >= 0.3 is 0 Å². The largest absolute Gasteiger partial charge is 0.334 e. The predicted octanol–water partition coefficient (Wildman–Crippen LogP) is 3.75. The van der Waals surface area contributed by atoms with Gasteiger partial charge in [-0.2, -0.15) is 0 Å². The molecule has 0 saturated carbocycles. The predicted molar refractivity (Wildman–Crippen MR) is 82.2 cm³/mol. The summed E-state index contributed by atoms with van der Waals surface area (Å²) < 4.78 is 3.29. The maximum absolute atomic E-state index is 4.53. The molecule has 19 heavy (non-hydrogen) atoms. The first-order chi connectivity index (χ1) is 9.26. The van der Waals surface area contributed by atoms with Gasteiger partial charge in [0.25, 0.3) is 0 Å². The lowest BCUT2D eigenvalue weighted by atomic mass is 10.1. The minimum absolute atomic E-state index is 0.146. The summed E-state index contributed by atoms with van der Waals surface area (Å²) in [5.74, 6) is 1.08. The molecular weight excluding hydrogens is 302 g/mol. The van der Waals surface area contributed by atoms with Crippen LogP contribution in [0.3, 0.4) is 0 Å². The minimum atomic E-state index is 0.146. The van der Waals surface area contributed by atoms with Gasteiger partial charge in [0.2, 0.25) is 0 Å². The summed E-state index contributed by atoms with van der Waals surface area (Å²) in [6, 6.07) is 8.56. The number of hydrogen-bond donors (Lipinski definition) is 1. The fraction of sp³-hybridized carbons (Fsp3) is 0.400. The summed E-state index contributed by atoms with van der Waals surface area (Å²) >= 11 is 3.54. The van der Waals surface area contributed by atoms with Crippen LogP contribution in [0.5, 0.6) is 0 Å². The zero-order valence-corrected chi connectivity index (χ0v) is 13.0. The lowest BCUT2D eigenvalue weighted by Gasteiger charge is -2.20. The van der Waals surface area contributed by atoms with E-state index < -0.39 is 0 Å². The molecule has 0 saturated heterocycles. The quantitative estimate of drug-likeness (QED) is 0.878. The third kappa shape index (κ3) is 3.45. The van der Waals surface area contributed by atoms with E-state index in [4.69, 9.17) is 0 Å². The van der Waals surface area contributed by atoms with Gasteiger partial charge in [0.05, 0.1) is 6.04 Å². The van der Waals surface area contributed by atoms with E-state index in [1.54, 1.807) is 0 Å². The summed E-state index contributed by atoms with van der Waals surface area (Å²) in [6.07, 6.45) is 5.02. The highest BCUT2D eigenvalue weighted by molar-refractivity contribution is 9.10. The average molecular weight is 322 g/mol. The van der Waals surface area contributed by atoms with Crippen molar-refractivity contribution in [3.05, 3.63) is 52.5 Å². The van der Waals surface area contributed by atoms with Crippen molar-refractivity contribution in [2.45, 2.75) is 32.9 Å². The van der Waals surface area contributed by atoms with E-state index in [0.29, 0.717) is 0 Å². The molecule has 0 bridgehead atoms. The molecule has 3 nitrogen and oxygen atoms in total. The molecular formula is C15H20BrN3. The number of rotatable bonds is 6. The Bertz CT molecular complexity index is 522. The Morgan fingerprint density at radius 1 is 1.37 bits per heavy atom. The van der Waals surface area contributed by atoms with Crippen LogP contribution in [0.1, 0.15) is 37.7 Å². The van der Waals surface area contributed by atoms with Gasteiger partial charge in [-0.3, -0.25) is 0 Å². The number of benzene rings is 1. The van der Waals surface area contributed by atoms with Crippen molar-refractivity contribution in [3.63, 3.8) is 0 Å². The van der Waals surface area contributed by atoms with Gasteiger partial charge in [-0.15, -0.1) is 0 Å². The lowest BCUT2D eigenvalue weighted by Crippen LogP contribution is -2.26. The van der Waals surface area contributed by atoms with E-state index in [1.165, 1.54) is 5.56 Å². The molecule has 0 aliphatic carbocycles. The van der Waals surface area contributed by atoms with Crippen LogP contribution in [0.4, 0.5) is 0 Å². The summed E-state index contributed by atoms with van der Waals surface area (Å²) in [5.41, 5.74) is 1.24. The Balaban J connectivity index is 2.35. The number of aryl methyl sites for hydroxylation is 1. The monoisotopic (exact) mass is 321 g/mol. The summed E-state index contributed by atoms with van der Waals surface area (Å²) in [7, 11) is 0. The lowest BCUT2D eigenvalue weighted by molar-refractivity contribution is 0.541. The maximum atomic E-state index is 4.53. The molecule has 1 unspecified atom stereocenters. The second-order valence-corrected chi connectivity index (χ2v) is 5.43. The van der Waals surface area contributed by atoms with E-state index in [2.05, 4.69) is 62.8 Å². The van der Waals surface area contributed by atoms with E-state index in [1.807, 2.05) is 18.5 Å². The second-order valence-electron chi connectivity index (χ2n) is 4.51. The number of nitrogens with one attached hydrogen (secondary N) is 1. The summed E-state index contributed by atoms with van der Waals surface area (Å²) in [5, 5.41) is 3.59. The molecule has 0 spiro atoms. The Labute approximate surface area is 123 Å². The normalized spacial score (nSPS) is 12.6. The Hall–Kier alpha value is -1.13. The van der Waals surface area contributed by atoms with Crippen molar-refractivity contribution < 1.29 is 0 Å². The fourth-order valence-corrected chi connectivity index (χ4v) is 2.60. The van der Waals surface area contributed by atoms with Gasteiger partial charge in [-0.25, -0.2) is 4.98 Å². The molecule has 1 heterocycles. The second kappa shape index (κ2) is 6.87. The first-order valence-electron chi connectivity index (χ1n) is 6.76. The highest BCUT2D eigenvalue weighted by atomic mass is 79.9. The first-order valence-corrected chi connectivity index (χ1v) is 7.55. The van der Waals surface area contributed by atoms with Gasteiger partial charge in [-0.05, 0) is 37.6 Å². The molecule has 0 radical (unpaired) electrons. The highest BCUT2D eigenvalue weighted by Gasteiger charge is 2.18. The molecule has 1 N–H and O–H groups in total. The molecule has 0 amide bonds. The Morgan fingerprint density at radius 2 is 2.21 bits per heavy atom. The number of imidazole rings is 1. The van der Waals surface area contributed by atoms with E-state index in [9.17, 15) is 0 Å². The molecule has 2 aromatic rings. The van der Waals surface area contributed by atoms with E-state index >= 15 is 0 Å². The molecule has 1 aromatic carbocycles. The van der Waals surface area contributed by atoms with Gasteiger partial charge in [0.15, 0.2) is 0 Å². The van der Waals surface area contributed by atoms with Gasteiger partial charge < -0.3 is 9.88 Å². The topological polar surface area (TPSA) is 29.9 Å². The zero-order chi connectivity index (χ0) is 13.7. The molecule has 1 aromatic heterocycles. The summed E-state index contributed by atoms with van der Waals surface area (Å²) in [4.78, 5) is 4.53. The molecule has 0 fully saturated rings. The third-order valence-electron chi connectivity index (χ3n) is 3.13. The Kier molecular flexibility index (Phi) is 5.16. The molecule has 1 atom stereocenters. The van der Waals surface area contributed by atoms with Crippen molar-refractivity contribution >= 4 is 15.9 Å². The van der Waals surface area contributed by atoms with Crippen LogP contribution in [-0.2, 0) is 6.54 Å². The van der Waals surface area contributed by atoms with Crippen molar-refractivity contribution in [1.29, 1.82) is 0 Å². The van der Waals surface area contributed by atoms with Crippen LogP contribution in [0.25, 0.3) is 0 Å². The minimum Gasteiger partial charge on any atom is -0.334 e. The number of hydrogen-bond acceptors (Lipinski definition) is 2. The smallest absolute Gasteiger partial charge is 0.130 e. The molecule has 2 rings (SSSR count). The maximum Gasteiger partial charge on any atom is 0.130 e. The van der Waals surface area contributed by atoms with Crippen LogP contribution < -0.4 is 5.32 Å². The summed E-state index contributed by atoms with van der Waals surface area (Å²) in [6.45, 7) is 6.24. The van der Waals surface area contributed by atoms with Crippen LogP contribution in [0, 0.1) is 0 Å². The van der Waals surface area contributed by atoms with Crippen LogP contribution in [-0.4, -0.2) is 16.1 Å². The van der Waals surface area contributed by atoms with Crippen molar-refractivity contribution in [3.8, 4) is 0 Å². The number of halogens is 1. The standard InChI is InChI=1S/C15H20BrN3/c1-3-8-17-14(12-6-5-7-13(16)11-12)15-18-9-10-19(15)4-2/h5-7,9-11,14,17H,3-4,8H2,1-2H3. The molecule has 4 heteroatoms. The Morgan fingerprint density at radius 3 is 2.89 bits per heavy atom. The number of aromatic nitrogens is 2. The van der Waals surface area contributed by atoms with Crippen molar-refractivity contribution in [1.82, 2.24) is 14.9 Å². The first kappa shape index (κ1) is 14.3. The molecule has 0 aliphatic heterocycles. The fourth-order valence-electron chi connectivity index (χ4n) is 2.18. The van der Waals surface area contributed by atoms with Gasteiger partial charge in [0, 0.05) is 23.4 Å². The third-order valence-corrected chi connectivity index (χ3v) is 3.62. The van der Waals surface area contributed by atoms with E-state index in [-0.39, 0.29) is 6.04 Å². The van der Waals surface area contributed by atoms with E-state index in [0.717, 1.165) is 29.8 Å². The van der Waals surface area contributed by atoms with Crippen molar-refractivity contribution in [2.75, 3.05) is 6.54 Å². The SMILES string of the molecule is CCCNC(c1cccc(Br)c1)c1nccn1CC. The van der Waals surface area contributed by atoms with Gasteiger partial charge in [0.1, 0.15) is 5.82 Å². The zero-order valence-electron chi connectivity index (χ0n) is 11.4. The van der Waals surface area contributed by atoms with Crippen LogP contribution in [0.15, 0.2) is 41.1 Å². The average Bonchev–Trinajstić information content (AvgIpc) is 2.88. The highest BCUT2D eigenvalue weighted by Crippen LogP contribution is 2.23. The van der Waals surface area contributed by atoms with Crippen LogP contribution in [0.2, 0.25) is 0 Å². The van der Waals surface area contributed by atoms with Crippen LogP contribution >= 0.6 is 15.9 Å². The molecule has 0 aliphatic rings. The number of nitrogens with zero attached hydrogens (tertiary/aromatic N) is 2. The van der Waals surface area contributed by atoms with Gasteiger partial charge in [-0.1, -0.05) is 35.0 Å². The molecule has 102 valence electrons. The van der Waals surface area contributed by atoms with Crippen molar-refractivity contribution in [2.24, 2.45) is 0 Å².